The zero-order chi connectivity index (χ0) is 22.5. The van der Waals surface area contributed by atoms with Gasteiger partial charge in [0.25, 0.3) is 11.7 Å². The summed E-state index contributed by atoms with van der Waals surface area (Å²) in [4.78, 5) is 29.6. The van der Waals surface area contributed by atoms with Gasteiger partial charge in [0.15, 0.2) is 0 Å². The van der Waals surface area contributed by atoms with Crippen molar-refractivity contribution in [2.24, 2.45) is 0 Å². The first-order valence-corrected chi connectivity index (χ1v) is 10.1. The van der Waals surface area contributed by atoms with Gasteiger partial charge in [0.1, 0.15) is 17.3 Å². The van der Waals surface area contributed by atoms with E-state index in [0.29, 0.717) is 35.6 Å². The Balaban J connectivity index is 2.15. The molecule has 164 valence electrons. The van der Waals surface area contributed by atoms with Crippen molar-refractivity contribution in [3.8, 4) is 11.5 Å². The Morgan fingerprint density at radius 2 is 1.81 bits per heavy atom. The summed E-state index contributed by atoms with van der Waals surface area (Å²) in [5.74, 6) is -0.556. The van der Waals surface area contributed by atoms with Gasteiger partial charge in [0.2, 0.25) is 0 Å². The summed E-state index contributed by atoms with van der Waals surface area (Å²) in [7, 11) is 6.96. The quantitative estimate of drug-likeness (QED) is 0.399. The molecule has 1 amide bonds. The van der Waals surface area contributed by atoms with Crippen molar-refractivity contribution in [3.63, 3.8) is 0 Å². The minimum absolute atomic E-state index is 0.0487. The SMILES string of the molecule is COc1cccc(C2/C(=C(\O)c3ccccc3OC)C(=O)C(=O)N2CCCN(C)C)c1. The molecule has 0 spiro atoms. The number of hydrogen-bond acceptors (Lipinski definition) is 6. The summed E-state index contributed by atoms with van der Waals surface area (Å²) in [6.45, 7) is 1.15. The van der Waals surface area contributed by atoms with Crippen molar-refractivity contribution in [1.29, 1.82) is 0 Å². The van der Waals surface area contributed by atoms with Gasteiger partial charge in [-0.2, -0.15) is 0 Å². The van der Waals surface area contributed by atoms with Crippen molar-refractivity contribution in [1.82, 2.24) is 9.80 Å². The van der Waals surface area contributed by atoms with E-state index in [1.54, 1.807) is 49.6 Å². The highest BCUT2D eigenvalue weighted by molar-refractivity contribution is 6.46. The first-order chi connectivity index (χ1) is 14.9. The monoisotopic (exact) mass is 424 g/mol. The molecule has 7 nitrogen and oxygen atoms in total. The number of Topliss-reactive ketones (excluding diaryl/α,β-unsaturated/α-hetero) is 1. The van der Waals surface area contributed by atoms with Crippen molar-refractivity contribution in [2.45, 2.75) is 12.5 Å². The predicted octanol–water partition coefficient (Wildman–Crippen LogP) is 3.08. The topological polar surface area (TPSA) is 79.3 Å². The molecule has 1 fully saturated rings. The normalized spacial score (nSPS) is 18.0. The van der Waals surface area contributed by atoms with Gasteiger partial charge in [-0.05, 0) is 56.9 Å². The summed E-state index contributed by atoms with van der Waals surface area (Å²) in [5.41, 5.74) is 1.11. The van der Waals surface area contributed by atoms with Gasteiger partial charge in [0.05, 0.1) is 31.4 Å². The number of methoxy groups -OCH3 is 2. The highest BCUT2D eigenvalue weighted by Crippen LogP contribution is 2.41. The Morgan fingerprint density at radius 1 is 1.06 bits per heavy atom. The summed E-state index contributed by atoms with van der Waals surface area (Å²) in [6, 6.07) is 13.4. The van der Waals surface area contributed by atoms with Crippen LogP contribution in [0.15, 0.2) is 54.1 Å². The number of para-hydroxylation sites is 1. The van der Waals surface area contributed by atoms with Gasteiger partial charge in [-0.25, -0.2) is 0 Å². The second-order valence-corrected chi connectivity index (χ2v) is 7.63. The van der Waals surface area contributed by atoms with E-state index < -0.39 is 17.7 Å². The Labute approximate surface area is 182 Å². The highest BCUT2D eigenvalue weighted by atomic mass is 16.5. The second-order valence-electron chi connectivity index (χ2n) is 7.63. The molecule has 0 aliphatic carbocycles. The standard InChI is InChI=1S/C24H28N2O5/c1-25(2)13-8-14-26-21(16-9-7-10-17(15-16)30-3)20(23(28)24(26)29)22(27)18-11-5-6-12-19(18)31-4/h5-7,9-12,15,21,27H,8,13-14H2,1-4H3/b22-20+. The molecule has 1 heterocycles. The maximum Gasteiger partial charge on any atom is 0.295 e. The molecule has 1 saturated heterocycles. The number of ketones is 1. The second kappa shape index (κ2) is 9.66. The van der Waals surface area contributed by atoms with E-state index in [4.69, 9.17) is 9.47 Å². The zero-order valence-electron chi connectivity index (χ0n) is 18.3. The number of likely N-dealkylation sites (tertiary alicyclic amines) is 1. The molecule has 7 heteroatoms. The minimum atomic E-state index is -0.720. The lowest BCUT2D eigenvalue weighted by molar-refractivity contribution is -0.139. The summed E-state index contributed by atoms with van der Waals surface area (Å²) < 4.78 is 10.7. The average molecular weight is 424 g/mol. The third-order valence-corrected chi connectivity index (χ3v) is 5.32. The molecule has 1 N–H and O–H groups in total. The van der Waals surface area contributed by atoms with Crippen LogP contribution in [0.2, 0.25) is 0 Å². The van der Waals surface area contributed by atoms with E-state index in [-0.39, 0.29) is 11.3 Å². The molecule has 2 aromatic carbocycles. The summed E-state index contributed by atoms with van der Waals surface area (Å²) in [6.07, 6.45) is 0.690. The fourth-order valence-electron chi connectivity index (χ4n) is 3.81. The van der Waals surface area contributed by atoms with Crippen LogP contribution in [-0.2, 0) is 9.59 Å². The molecule has 2 aromatic rings. The molecule has 1 atom stereocenters. The number of nitrogens with zero attached hydrogens (tertiary/aromatic N) is 2. The van der Waals surface area contributed by atoms with Crippen LogP contribution < -0.4 is 9.47 Å². The van der Waals surface area contributed by atoms with Gasteiger partial charge in [-0.15, -0.1) is 0 Å². The van der Waals surface area contributed by atoms with Gasteiger partial charge < -0.3 is 24.4 Å². The summed E-state index contributed by atoms with van der Waals surface area (Å²) in [5, 5.41) is 11.2. The van der Waals surface area contributed by atoms with Gasteiger partial charge in [-0.3, -0.25) is 9.59 Å². The largest absolute Gasteiger partial charge is 0.507 e. The maximum atomic E-state index is 13.1. The maximum absolute atomic E-state index is 13.1. The van der Waals surface area contributed by atoms with Crippen molar-refractivity contribution in [2.75, 3.05) is 41.4 Å². The molecule has 1 unspecified atom stereocenters. The third kappa shape index (κ3) is 4.56. The van der Waals surface area contributed by atoms with E-state index in [1.807, 2.05) is 25.1 Å². The molecule has 31 heavy (non-hydrogen) atoms. The zero-order valence-corrected chi connectivity index (χ0v) is 18.3. The van der Waals surface area contributed by atoms with Gasteiger partial charge >= 0.3 is 0 Å². The fraction of sp³-hybridized carbons (Fsp3) is 0.333. The number of amides is 1. The van der Waals surface area contributed by atoms with Crippen LogP contribution in [-0.4, -0.2) is 68.0 Å². The number of hydrogen-bond donors (Lipinski definition) is 1. The Kier molecular flexibility index (Phi) is 6.97. The molecule has 0 aromatic heterocycles. The predicted molar refractivity (Wildman–Crippen MR) is 118 cm³/mol. The Bertz CT molecular complexity index is 999. The van der Waals surface area contributed by atoms with Crippen molar-refractivity contribution < 1.29 is 24.2 Å². The van der Waals surface area contributed by atoms with Crippen molar-refractivity contribution in [3.05, 3.63) is 65.2 Å². The van der Waals surface area contributed by atoms with Crippen LogP contribution >= 0.6 is 0 Å². The van der Waals surface area contributed by atoms with E-state index in [0.717, 1.165) is 6.54 Å². The Hall–Kier alpha value is -3.32. The Morgan fingerprint density at radius 3 is 2.48 bits per heavy atom. The van der Waals surface area contributed by atoms with E-state index >= 15 is 0 Å². The molecular formula is C24H28N2O5. The molecule has 0 radical (unpaired) electrons. The van der Waals surface area contributed by atoms with E-state index in [2.05, 4.69) is 0 Å². The number of aliphatic hydroxyl groups excluding tert-OH is 1. The molecule has 1 aliphatic heterocycles. The van der Waals surface area contributed by atoms with E-state index in [9.17, 15) is 14.7 Å². The molecule has 0 saturated carbocycles. The summed E-state index contributed by atoms with van der Waals surface area (Å²) >= 11 is 0. The number of aliphatic hydroxyl groups is 1. The number of ether oxygens (including phenoxy) is 2. The smallest absolute Gasteiger partial charge is 0.295 e. The van der Waals surface area contributed by atoms with Gasteiger partial charge in [-0.1, -0.05) is 24.3 Å². The number of carbonyl (C=O) groups is 2. The first kappa shape index (κ1) is 22.4. The van der Waals surface area contributed by atoms with Gasteiger partial charge in [0, 0.05) is 6.54 Å². The molecular weight excluding hydrogens is 396 g/mol. The number of benzene rings is 2. The molecule has 3 rings (SSSR count). The molecule has 0 bridgehead atoms. The number of rotatable bonds is 8. The van der Waals surface area contributed by atoms with Crippen LogP contribution in [0.4, 0.5) is 0 Å². The third-order valence-electron chi connectivity index (χ3n) is 5.32. The first-order valence-electron chi connectivity index (χ1n) is 10.1. The highest BCUT2D eigenvalue weighted by Gasteiger charge is 2.46. The minimum Gasteiger partial charge on any atom is -0.507 e. The van der Waals surface area contributed by atoms with Crippen LogP contribution in [0.25, 0.3) is 5.76 Å². The lowest BCUT2D eigenvalue weighted by Crippen LogP contribution is -2.32. The van der Waals surface area contributed by atoms with Crippen LogP contribution in [0, 0.1) is 0 Å². The lowest BCUT2D eigenvalue weighted by Gasteiger charge is -2.26. The van der Waals surface area contributed by atoms with Crippen LogP contribution in [0.3, 0.4) is 0 Å². The number of carbonyl (C=O) groups excluding carboxylic acids is 2. The lowest BCUT2D eigenvalue weighted by atomic mass is 9.95. The molecule has 1 aliphatic rings. The fourth-order valence-corrected chi connectivity index (χ4v) is 3.81. The van der Waals surface area contributed by atoms with E-state index in [1.165, 1.54) is 12.0 Å². The van der Waals surface area contributed by atoms with Crippen LogP contribution in [0.1, 0.15) is 23.6 Å². The average Bonchev–Trinajstić information content (AvgIpc) is 3.03. The van der Waals surface area contributed by atoms with Crippen LogP contribution in [0.5, 0.6) is 11.5 Å². The van der Waals surface area contributed by atoms with Crippen molar-refractivity contribution >= 4 is 17.4 Å².